The fourth-order valence-corrected chi connectivity index (χ4v) is 4.19. The van der Waals surface area contributed by atoms with Crippen LogP contribution in [0.15, 0.2) is 36.4 Å². The van der Waals surface area contributed by atoms with Crippen LogP contribution in [0.4, 0.5) is 5.95 Å². The van der Waals surface area contributed by atoms with Crippen LogP contribution in [0.2, 0.25) is 0 Å². The Balaban J connectivity index is 1.35. The molecule has 3 aromatic rings. The quantitative estimate of drug-likeness (QED) is 0.636. The largest absolute Gasteiger partial charge is 0.493 e. The first-order chi connectivity index (χ1) is 15.5. The van der Waals surface area contributed by atoms with Crippen LogP contribution in [0.25, 0.3) is 10.9 Å². The summed E-state index contributed by atoms with van der Waals surface area (Å²) >= 11 is 0. The summed E-state index contributed by atoms with van der Waals surface area (Å²) in [5.41, 5.74) is 4.12. The van der Waals surface area contributed by atoms with Gasteiger partial charge in [-0.1, -0.05) is 18.2 Å². The average molecular weight is 435 g/mol. The molecule has 168 valence electrons. The number of amides is 1. The van der Waals surface area contributed by atoms with Crippen molar-refractivity contribution < 1.29 is 14.3 Å². The number of hydrogen-bond acceptors (Lipinski definition) is 6. The number of hydrogen-bond donors (Lipinski definition) is 1. The number of aromatic nitrogens is 2. The molecular weight excluding hydrogens is 404 g/mol. The summed E-state index contributed by atoms with van der Waals surface area (Å²) < 4.78 is 10.6. The normalized spacial score (nSPS) is 14.4. The van der Waals surface area contributed by atoms with Gasteiger partial charge in [0.25, 0.3) is 0 Å². The number of aryl methyl sites for hydroxylation is 2. The molecule has 0 bridgehead atoms. The van der Waals surface area contributed by atoms with Crippen LogP contribution < -0.4 is 19.7 Å². The Morgan fingerprint density at radius 3 is 2.50 bits per heavy atom. The molecule has 1 aromatic heterocycles. The van der Waals surface area contributed by atoms with Gasteiger partial charge in [-0.15, -0.1) is 0 Å². The average Bonchev–Trinajstić information content (AvgIpc) is 2.82. The minimum atomic E-state index is -0.00445. The first-order valence-electron chi connectivity index (χ1n) is 11.0. The summed E-state index contributed by atoms with van der Waals surface area (Å²) in [6.45, 7) is 6.10. The van der Waals surface area contributed by atoms with E-state index in [1.807, 2.05) is 25.1 Å². The summed E-state index contributed by atoms with van der Waals surface area (Å²) in [6.07, 6.45) is 1.57. The van der Waals surface area contributed by atoms with Crippen molar-refractivity contribution in [1.82, 2.24) is 15.3 Å². The van der Waals surface area contributed by atoms with E-state index in [4.69, 9.17) is 19.4 Å². The number of rotatable bonds is 6. The van der Waals surface area contributed by atoms with Gasteiger partial charge in [0, 0.05) is 30.9 Å². The van der Waals surface area contributed by atoms with Crippen molar-refractivity contribution in [3.63, 3.8) is 0 Å². The van der Waals surface area contributed by atoms with Gasteiger partial charge >= 0.3 is 0 Å². The third kappa shape index (κ3) is 4.61. The van der Waals surface area contributed by atoms with Crippen LogP contribution >= 0.6 is 0 Å². The van der Waals surface area contributed by atoms with Crippen molar-refractivity contribution in [1.29, 1.82) is 0 Å². The third-order valence-corrected chi connectivity index (χ3v) is 6.09. The highest BCUT2D eigenvalue weighted by molar-refractivity contribution is 5.82. The van der Waals surface area contributed by atoms with Crippen molar-refractivity contribution in [2.45, 2.75) is 33.2 Å². The third-order valence-electron chi connectivity index (χ3n) is 6.09. The van der Waals surface area contributed by atoms with E-state index in [9.17, 15) is 4.79 Å². The van der Waals surface area contributed by atoms with Crippen LogP contribution in [0.3, 0.4) is 0 Å². The number of carbonyl (C=O) groups is 1. The Morgan fingerprint density at radius 2 is 1.78 bits per heavy atom. The number of fused-ring (bicyclic) bond motifs is 1. The molecule has 0 unspecified atom stereocenters. The standard InChI is InChI=1S/C25H30N4O3/c1-16-5-7-20-17(2)27-25(28-21(20)13-16)29-11-9-19(10-12-29)24(30)26-15-18-6-8-22(31-3)23(14-18)32-4/h5-8,13-14,19H,9-12,15H2,1-4H3,(H,26,30). The van der Waals surface area contributed by atoms with Crippen molar-refractivity contribution >= 4 is 22.8 Å². The lowest BCUT2D eigenvalue weighted by atomic mass is 9.96. The van der Waals surface area contributed by atoms with E-state index in [-0.39, 0.29) is 11.8 Å². The second-order valence-corrected chi connectivity index (χ2v) is 8.30. The molecule has 0 aliphatic carbocycles. The highest BCUT2D eigenvalue weighted by Crippen LogP contribution is 2.28. The van der Waals surface area contributed by atoms with E-state index in [1.54, 1.807) is 14.2 Å². The molecule has 7 heteroatoms. The molecule has 1 amide bonds. The van der Waals surface area contributed by atoms with E-state index in [0.29, 0.717) is 18.0 Å². The van der Waals surface area contributed by atoms with Gasteiger partial charge in [0.15, 0.2) is 11.5 Å². The molecule has 2 heterocycles. The van der Waals surface area contributed by atoms with Crippen LogP contribution in [0.5, 0.6) is 11.5 Å². The first-order valence-corrected chi connectivity index (χ1v) is 11.0. The van der Waals surface area contributed by atoms with E-state index in [1.165, 1.54) is 5.56 Å². The van der Waals surface area contributed by atoms with Gasteiger partial charge in [0.1, 0.15) is 0 Å². The Bertz CT molecular complexity index is 1120. The summed E-state index contributed by atoms with van der Waals surface area (Å²) in [5.74, 6) is 2.18. The first kappa shape index (κ1) is 21.9. The van der Waals surface area contributed by atoms with Crippen LogP contribution in [0, 0.1) is 19.8 Å². The second kappa shape index (κ2) is 9.42. The predicted molar refractivity (Wildman–Crippen MR) is 125 cm³/mol. The topological polar surface area (TPSA) is 76.6 Å². The number of nitrogens with zero attached hydrogens (tertiary/aromatic N) is 3. The summed E-state index contributed by atoms with van der Waals surface area (Å²) in [7, 11) is 3.22. The molecule has 4 rings (SSSR count). The molecule has 1 saturated heterocycles. The van der Waals surface area contributed by atoms with Crippen molar-refractivity contribution in [2.24, 2.45) is 5.92 Å². The minimum absolute atomic E-state index is 0.00445. The number of nitrogens with one attached hydrogen (secondary N) is 1. The molecule has 0 atom stereocenters. The minimum Gasteiger partial charge on any atom is -0.493 e. The van der Waals surface area contributed by atoms with Gasteiger partial charge in [-0.05, 0) is 56.0 Å². The Morgan fingerprint density at radius 1 is 1.03 bits per heavy atom. The van der Waals surface area contributed by atoms with Gasteiger partial charge in [0.05, 0.1) is 25.4 Å². The van der Waals surface area contributed by atoms with Crippen molar-refractivity contribution in [3.8, 4) is 11.5 Å². The predicted octanol–water partition coefficient (Wildman–Crippen LogP) is 3.80. The number of anilines is 1. The summed E-state index contributed by atoms with van der Waals surface area (Å²) in [5, 5.41) is 4.15. The lowest BCUT2D eigenvalue weighted by molar-refractivity contribution is -0.125. The number of ether oxygens (including phenoxy) is 2. The van der Waals surface area contributed by atoms with Gasteiger partial charge in [-0.25, -0.2) is 9.97 Å². The maximum Gasteiger partial charge on any atom is 0.226 e. The molecule has 32 heavy (non-hydrogen) atoms. The SMILES string of the molecule is COc1ccc(CNC(=O)C2CCN(c3nc(C)c4ccc(C)cc4n3)CC2)cc1OC. The maximum absolute atomic E-state index is 12.7. The Kier molecular flexibility index (Phi) is 6.44. The molecule has 0 spiro atoms. The van der Waals surface area contributed by atoms with Crippen LogP contribution in [-0.2, 0) is 11.3 Å². The van der Waals surface area contributed by atoms with E-state index in [0.717, 1.165) is 54.0 Å². The lowest BCUT2D eigenvalue weighted by Crippen LogP contribution is -2.41. The molecule has 0 saturated carbocycles. The smallest absolute Gasteiger partial charge is 0.226 e. The fourth-order valence-electron chi connectivity index (χ4n) is 4.19. The van der Waals surface area contributed by atoms with Crippen LogP contribution in [0.1, 0.15) is 29.7 Å². The number of carbonyl (C=O) groups excluding carboxylic acids is 1. The fraction of sp³-hybridized carbons (Fsp3) is 0.400. The van der Waals surface area contributed by atoms with E-state index < -0.39 is 0 Å². The van der Waals surface area contributed by atoms with E-state index in [2.05, 4.69) is 35.3 Å². The zero-order valence-electron chi connectivity index (χ0n) is 19.1. The monoisotopic (exact) mass is 434 g/mol. The molecular formula is C25H30N4O3. The second-order valence-electron chi connectivity index (χ2n) is 8.30. The van der Waals surface area contributed by atoms with Gasteiger partial charge in [-0.2, -0.15) is 0 Å². The van der Waals surface area contributed by atoms with Gasteiger partial charge in [0.2, 0.25) is 11.9 Å². The summed E-state index contributed by atoms with van der Waals surface area (Å²) in [6, 6.07) is 11.9. The lowest BCUT2D eigenvalue weighted by Gasteiger charge is -2.31. The highest BCUT2D eigenvalue weighted by atomic mass is 16.5. The summed E-state index contributed by atoms with van der Waals surface area (Å²) in [4.78, 5) is 24.4. The molecule has 0 radical (unpaired) electrons. The van der Waals surface area contributed by atoms with Crippen molar-refractivity contribution in [2.75, 3.05) is 32.2 Å². The van der Waals surface area contributed by atoms with Crippen molar-refractivity contribution in [3.05, 3.63) is 53.2 Å². The van der Waals surface area contributed by atoms with E-state index >= 15 is 0 Å². The molecule has 1 aliphatic heterocycles. The Hall–Kier alpha value is -3.35. The number of methoxy groups -OCH3 is 2. The molecule has 2 aromatic carbocycles. The molecule has 7 nitrogen and oxygen atoms in total. The Labute approximate surface area is 188 Å². The van der Waals surface area contributed by atoms with Crippen LogP contribution in [-0.4, -0.2) is 43.2 Å². The maximum atomic E-state index is 12.7. The molecule has 1 aliphatic rings. The highest BCUT2D eigenvalue weighted by Gasteiger charge is 2.26. The zero-order chi connectivity index (χ0) is 22.7. The zero-order valence-corrected chi connectivity index (χ0v) is 19.1. The number of benzene rings is 2. The number of piperidine rings is 1. The van der Waals surface area contributed by atoms with Gasteiger partial charge in [-0.3, -0.25) is 4.79 Å². The van der Waals surface area contributed by atoms with Gasteiger partial charge < -0.3 is 19.7 Å². The molecule has 1 fully saturated rings. The molecule has 1 N–H and O–H groups in total.